The Morgan fingerprint density at radius 3 is 2.28 bits per heavy atom. The second-order valence-corrected chi connectivity index (χ2v) is 8.92. The average molecular weight is 513 g/mol. The number of amides is 5. The van der Waals surface area contributed by atoms with E-state index in [9.17, 15) is 33.9 Å². The van der Waals surface area contributed by atoms with Crippen molar-refractivity contribution in [1.29, 1.82) is 0 Å². The van der Waals surface area contributed by atoms with Gasteiger partial charge < -0.3 is 48.0 Å². The van der Waals surface area contributed by atoms with Gasteiger partial charge in [0.1, 0.15) is 24.4 Å². The first-order chi connectivity index (χ1) is 16.8. The third kappa shape index (κ3) is 10.6. The number of guanidine groups is 1. The van der Waals surface area contributed by atoms with Crippen molar-refractivity contribution in [2.75, 3.05) is 6.54 Å². The molecule has 1 heterocycles. The number of carbonyl (C=O) groups excluding carboxylic acids is 5. The Bertz CT molecular complexity index is 863. The minimum Gasteiger partial charge on any atom is -0.480 e. The summed E-state index contributed by atoms with van der Waals surface area (Å²) < 4.78 is 0. The van der Waals surface area contributed by atoms with E-state index in [1.807, 2.05) is 0 Å². The molecular weight excluding hydrogens is 476 g/mol. The quantitative estimate of drug-likeness (QED) is 0.112. The molecule has 0 aliphatic carbocycles. The first-order valence-corrected chi connectivity index (χ1v) is 11.5. The largest absolute Gasteiger partial charge is 0.480 e. The third-order valence-corrected chi connectivity index (χ3v) is 5.22. The van der Waals surface area contributed by atoms with Gasteiger partial charge in [0.25, 0.3) is 0 Å². The maximum Gasteiger partial charge on any atom is 0.326 e. The Morgan fingerprint density at radius 1 is 1.08 bits per heavy atom. The number of hydrogen-bond acceptors (Lipinski definition) is 9. The van der Waals surface area contributed by atoms with Crippen LogP contribution in [0.5, 0.6) is 0 Å². The number of rotatable bonds is 14. The van der Waals surface area contributed by atoms with Crippen LogP contribution >= 0.6 is 0 Å². The second-order valence-electron chi connectivity index (χ2n) is 8.92. The van der Waals surface area contributed by atoms with Crippen LogP contribution in [0.2, 0.25) is 0 Å². The van der Waals surface area contributed by atoms with Gasteiger partial charge >= 0.3 is 12.0 Å². The summed E-state index contributed by atoms with van der Waals surface area (Å²) in [5, 5.41) is 21.8. The summed E-state index contributed by atoms with van der Waals surface area (Å²) in [5.41, 5.74) is 10.9. The minimum absolute atomic E-state index is 0.0280. The van der Waals surface area contributed by atoms with E-state index in [-0.39, 0.29) is 44.1 Å². The molecule has 15 nitrogen and oxygen atoms in total. The molecule has 1 aliphatic rings. The Morgan fingerprint density at radius 2 is 1.75 bits per heavy atom. The first-order valence-electron chi connectivity index (χ1n) is 11.5. The van der Waals surface area contributed by atoms with Gasteiger partial charge in [0.05, 0.1) is 12.1 Å². The number of carboxylic acid groups (broad SMARTS) is 1. The highest BCUT2D eigenvalue weighted by Gasteiger charge is 2.35. The van der Waals surface area contributed by atoms with Crippen LogP contribution in [-0.2, 0) is 24.0 Å². The van der Waals surface area contributed by atoms with Crippen LogP contribution in [0.3, 0.4) is 0 Å². The molecule has 0 saturated carbocycles. The van der Waals surface area contributed by atoms with Crippen LogP contribution in [-0.4, -0.2) is 83.8 Å². The van der Waals surface area contributed by atoms with Gasteiger partial charge in [-0.15, -0.1) is 0 Å². The molecule has 0 saturated heterocycles. The molecule has 15 heteroatoms. The van der Waals surface area contributed by atoms with E-state index in [0.29, 0.717) is 6.29 Å². The van der Waals surface area contributed by atoms with Crippen molar-refractivity contribution < 1.29 is 33.9 Å². The summed E-state index contributed by atoms with van der Waals surface area (Å²) in [6, 6.07) is -6.26. The van der Waals surface area contributed by atoms with E-state index in [4.69, 9.17) is 11.5 Å². The minimum atomic E-state index is -1.31. The third-order valence-electron chi connectivity index (χ3n) is 5.22. The second kappa shape index (κ2) is 14.5. The number of carboxylic acids is 1. The lowest BCUT2D eigenvalue weighted by molar-refractivity contribution is -0.139. The van der Waals surface area contributed by atoms with Gasteiger partial charge in [0.2, 0.25) is 17.7 Å². The average Bonchev–Trinajstić information content (AvgIpc) is 2.78. The number of nitrogens with zero attached hydrogens (tertiary/aromatic N) is 1. The number of aliphatic imine (C=N–C) groups is 1. The fraction of sp³-hybridized carbons (Fsp3) is 0.667. The van der Waals surface area contributed by atoms with Gasteiger partial charge in [-0.2, -0.15) is 0 Å². The van der Waals surface area contributed by atoms with Gasteiger partial charge in [0, 0.05) is 13.0 Å². The van der Waals surface area contributed by atoms with Crippen molar-refractivity contribution in [3.8, 4) is 0 Å². The molecule has 0 radical (unpaired) electrons. The number of carbonyl (C=O) groups is 6. The van der Waals surface area contributed by atoms with Crippen molar-refractivity contribution in [1.82, 2.24) is 26.6 Å². The van der Waals surface area contributed by atoms with Gasteiger partial charge in [-0.3, -0.25) is 19.4 Å². The summed E-state index contributed by atoms with van der Waals surface area (Å²) in [6.07, 6.45) is 0.542. The molecule has 5 atom stereocenters. The molecular formula is C21H36N8O7. The standard InChI is InChI=1S/C21H36N8O7/c1-10(2)8-14(19(34)35)28-21(36)29-16(12-6-7-24-20(23)27-12)18(33)26-13(4-5-15(22)31)17(32)25-11(3)9-30/h9-14,16H,4-8H2,1-3H3,(H2,22,31)(H,25,32)(H,26,33)(H,34,35)(H3,23,24,27)(H2,28,29,36)/t11-,12-,13-,14-,16-/m0/s1. The highest BCUT2D eigenvalue weighted by molar-refractivity contribution is 5.94. The molecule has 202 valence electrons. The van der Waals surface area contributed by atoms with E-state index in [0.717, 1.165) is 0 Å². The molecule has 0 aromatic heterocycles. The predicted octanol–water partition coefficient (Wildman–Crippen LogP) is -2.72. The topological polar surface area (TPSA) is 247 Å². The molecule has 10 N–H and O–H groups in total. The van der Waals surface area contributed by atoms with Crippen molar-refractivity contribution >= 4 is 42.0 Å². The van der Waals surface area contributed by atoms with Crippen molar-refractivity contribution in [3.63, 3.8) is 0 Å². The Labute approximate surface area is 208 Å². The maximum atomic E-state index is 13.2. The molecule has 0 fully saturated rings. The zero-order chi connectivity index (χ0) is 27.4. The summed E-state index contributed by atoms with van der Waals surface area (Å²) in [5.74, 6) is -3.47. The lowest BCUT2D eigenvalue weighted by atomic mass is 10.0. The van der Waals surface area contributed by atoms with Crippen molar-refractivity contribution in [3.05, 3.63) is 0 Å². The summed E-state index contributed by atoms with van der Waals surface area (Å²) in [4.78, 5) is 76.2. The van der Waals surface area contributed by atoms with E-state index in [1.54, 1.807) is 13.8 Å². The molecule has 0 aromatic carbocycles. The fourth-order valence-corrected chi connectivity index (χ4v) is 3.44. The number of hydrogen-bond donors (Lipinski definition) is 8. The number of nitrogens with two attached hydrogens (primary N) is 2. The van der Waals surface area contributed by atoms with Crippen LogP contribution in [0.25, 0.3) is 0 Å². The normalized spacial score (nSPS) is 18.3. The lowest BCUT2D eigenvalue weighted by Gasteiger charge is -2.32. The van der Waals surface area contributed by atoms with E-state index in [1.165, 1.54) is 6.92 Å². The lowest BCUT2D eigenvalue weighted by Crippen LogP contribution is -2.64. The van der Waals surface area contributed by atoms with Crippen LogP contribution in [0, 0.1) is 5.92 Å². The highest BCUT2D eigenvalue weighted by atomic mass is 16.4. The summed E-state index contributed by atoms with van der Waals surface area (Å²) in [6.45, 7) is 5.27. The molecule has 0 unspecified atom stereocenters. The first kappa shape index (κ1) is 30.1. The van der Waals surface area contributed by atoms with Crippen molar-refractivity contribution in [2.45, 2.75) is 76.7 Å². The summed E-state index contributed by atoms with van der Waals surface area (Å²) >= 11 is 0. The SMILES string of the molecule is CC(C)C[C@H](NC(=O)N[C@H](C(=O)N[C@@H](CCC(N)=O)C(=O)N[C@@H](C)C=O)[C@@H]1CCN=C(N)N1)C(=O)O. The molecule has 0 spiro atoms. The zero-order valence-electron chi connectivity index (χ0n) is 20.6. The molecule has 5 amide bonds. The molecule has 1 aliphatic heterocycles. The van der Waals surface area contributed by atoms with Gasteiger partial charge in [-0.25, -0.2) is 9.59 Å². The van der Waals surface area contributed by atoms with Gasteiger partial charge in [-0.1, -0.05) is 13.8 Å². The summed E-state index contributed by atoms with van der Waals surface area (Å²) in [7, 11) is 0. The molecule has 36 heavy (non-hydrogen) atoms. The Kier molecular flexibility index (Phi) is 12.1. The molecule has 0 aromatic rings. The van der Waals surface area contributed by atoms with E-state index >= 15 is 0 Å². The number of nitrogens with one attached hydrogen (secondary N) is 5. The van der Waals surface area contributed by atoms with E-state index < -0.39 is 59.9 Å². The fourth-order valence-electron chi connectivity index (χ4n) is 3.44. The van der Waals surface area contributed by atoms with Crippen LogP contribution < -0.4 is 38.1 Å². The van der Waals surface area contributed by atoms with Gasteiger partial charge in [-0.05, 0) is 32.1 Å². The number of primary amides is 1. The smallest absolute Gasteiger partial charge is 0.326 e. The predicted molar refractivity (Wildman–Crippen MR) is 128 cm³/mol. The van der Waals surface area contributed by atoms with E-state index in [2.05, 4.69) is 31.6 Å². The van der Waals surface area contributed by atoms with Crippen LogP contribution in [0.15, 0.2) is 4.99 Å². The Hall–Kier alpha value is -3.91. The highest BCUT2D eigenvalue weighted by Crippen LogP contribution is 2.08. The maximum absolute atomic E-state index is 13.2. The monoisotopic (exact) mass is 512 g/mol. The number of aldehydes is 1. The van der Waals surface area contributed by atoms with Crippen LogP contribution in [0.1, 0.15) is 46.5 Å². The molecule has 1 rings (SSSR count). The van der Waals surface area contributed by atoms with Crippen molar-refractivity contribution in [2.24, 2.45) is 22.4 Å². The molecule has 0 bridgehead atoms. The number of urea groups is 1. The van der Waals surface area contributed by atoms with Gasteiger partial charge in [0.15, 0.2) is 5.96 Å². The Balaban J connectivity index is 3.10. The number of aliphatic carboxylic acids is 1. The van der Waals surface area contributed by atoms with Crippen LogP contribution in [0.4, 0.5) is 4.79 Å². The zero-order valence-corrected chi connectivity index (χ0v) is 20.6.